The molecule has 1 heterocycles. The Labute approximate surface area is 105 Å². The van der Waals surface area contributed by atoms with Gasteiger partial charge in [-0.1, -0.05) is 30.3 Å². The summed E-state index contributed by atoms with van der Waals surface area (Å²) in [6.45, 7) is 2.37. The number of H-pyrrole nitrogens is 1. The fourth-order valence-electron chi connectivity index (χ4n) is 1.77. The van der Waals surface area contributed by atoms with Gasteiger partial charge in [0.25, 0.3) is 5.56 Å². The van der Waals surface area contributed by atoms with Gasteiger partial charge in [0.15, 0.2) is 0 Å². The highest BCUT2D eigenvalue weighted by Crippen LogP contribution is 2.23. The van der Waals surface area contributed by atoms with Gasteiger partial charge in [0.2, 0.25) is 0 Å². The fourth-order valence-corrected chi connectivity index (χ4v) is 1.77. The molecule has 0 aliphatic rings. The average Bonchev–Trinajstić information content (AvgIpc) is 2.39. The zero-order chi connectivity index (χ0) is 13.0. The first kappa shape index (κ1) is 12.3. The van der Waals surface area contributed by atoms with Crippen molar-refractivity contribution in [1.82, 2.24) is 9.97 Å². The Kier molecular flexibility index (Phi) is 3.43. The predicted molar refractivity (Wildman–Crippen MR) is 71.3 cm³/mol. The van der Waals surface area contributed by atoms with Gasteiger partial charge < -0.3 is 16.0 Å². The highest BCUT2D eigenvalue weighted by molar-refractivity contribution is 5.40. The van der Waals surface area contributed by atoms with Crippen LogP contribution in [0.25, 0.3) is 0 Å². The van der Waals surface area contributed by atoms with E-state index in [-0.39, 0.29) is 5.56 Å². The summed E-state index contributed by atoms with van der Waals surface area (Å²) in [4.78, 5) is 17.8. The van der Waals surface area contributed by atoms with E-state index < -0.39 is 5.54 Å². The number of nitrogens with two attached hydrogens (primary N) is 1. The molecule has 18 heavy (non-hydrogen) atoms. The topological polar surface area (TPSA) is 83.8 Å². The van der Waals surface area contributed by atoms with Gasteiger partial charge in [-0.25, -0.2) is 4.98 Å². The molecule has 0 bridgehead atoms. The Bertz CT molecular complexity index is 566. The van der Waals surface area contributed by atoms with E-state index in [1.165, 1.54) is 12.4 Å². The van der Waals surface area contributed by atoms with Crippen molar-refractivity contribution < 1.29 is 0 Å². The summed E-state index contributed by atoms with van der Waals surface area (Å²) in [5.41, 5.74) is 6.25. The highest BCUT2D eigenvalue weighted by atomic mass is 16.1. The summed E-state index contributed by atoms with van der Waals surface area (Å²) in [6.07, 6.45) is 1.37. The molecule has 1 unspecified atom stereocenters. The number of anilines is 1. The molecule has 0 radical (unpaired) electrons. The van der Waals surface area contributed by atoms with Gasteiger partial charge in [0, 0.05) is 12.6 Å². The van der Waals surface area contributed by atoms with E-state index in [0.717, 1.165) is 5.56 Å². The Balaban J connectivity index is 2.32. The van der Waals surface area contributed by atoms with Crippen LogP contribution < -0.4 is 16.6 Å². The molecular formula is C13H16N4O. The SMILES string of the molecule is CC(CN)(Nc1cc(=O)[nH]cn1)c1ccccc1. The zero-order valence-electron chi connectivity index (χ0n) is 10.2. The second-order valence-electron chi connectivity index (χ2n) is 4.32. The van der Waals surface area contributed by atoms with Crippen molar-refractivity contribution in [2.24, 2.45) is 5.73 Å². The van der Waals surface area contributed by atoms with Crippen molar-refractivity contribution in [2.75, 3.05) is 11.9 Å². The van der Waals surface area contributed by atoms with Gasteiger partial charge in [-0.3, -0.25) is 4.79 Å². The van der Waals surface area contributed by atoms with Crippen LogP contribution in [0.5, 0.6) is 0 Å². The van der Waals surface area contributed by atoms with Crippen molar-refractivity contribution in [3.8, 4) is 0 Å². The van der Waals surface area contributed by atoms with Gasteiger partial charge in [0.05, 0.1) is 11.9 Å². The van der Waals surface area contributed by atoms with Crippen LogP contribution in [0.15, 0.2) is 47.5 Å². The van der Waals surface area contributed by atoms with Crippen LogP contribution in [0.1, 0.15) is 12.5 Å². The first-order valence-electron chi connectivity index (χ1n) is 5.72. The smallest absolute Gasteiger partial charge is 0.252 e. The second-order valence-corrected chi connectivity index (χ2v) is 4.32. The number of aromatic nitrogens is 2. The third-order valence-electron chi connectivity index (χ3n) is 2.90. The molecule has 0 aliphatic carbocycles. The van der Waals surface area contributed by atoms with Crippen molar-refractivity contribution in [3.05, 3.63) is 58.6 Å². The first-order chi connectivity index (χ1) is 8.64. The molecule has 1 atom stereocenters. The van der Waals surface area contributed by atoms with Crippen LogP contribution in [0, 0.1) is 0 Å². The number of nitrogens with one attached hydrogen (secondary N) is 2. The summed E-state index contributed by atoms with van der Waals surface area (Å²) in [6, 6.07) is 11.3. The number of benzene rings is 1. The van der Waals surface area contributed by atoms with E-state index in [9.17, 15) is 4.79 Å². The van der Waals surface area contributed by atoms with Gasteiger partial charge >= 0.3 is 0 Å². The molecule has 5 nitrogen and oxygen atoms in total. The minimum Gasteiger partial charge on any atom is -0.359 e. The van der Waals surface area contributed by atoms with Gasteiger partial charge in [-0.05, 0) is 12.5 Å². The maximum atomic E-state index is 11.2. The molecule has 1 aromatic heterocycles. The number of hydrogen-bond donors (Lipinski definition) is 3. The molecule has 0 saturated heterocycles. The van der Waals surface area contributed by atoms with Crippen LogP contribution in [0.4, 0.5) is 5.82 Å². The van der Waals surface area contributed by atoms with Crippen LogP contribution in [0.3, 0.4) is 0 Å². The molecule has 4 N–H and O–H groups in total. The summed E-state index contributed by atoms with van der Waals surface area (Å²) in [5, 5.41) is 3.21. The lowest BCUT2D eigenvalue weighted by Crippen LogP contribution is -2.40. The number of nitrogens with zero attached hydrogens (tertiary/aromatic N) is 1. The number of rotatable bonds is 4. The first-order valence-corrected chi connectivity index (χ1v) is 5.72. The average molecular weight is 244 g/mol. The summed E-state index contributed by atoms with van der Waals surface area (Å²) in [7, 11) is 0. The largest absolute Gasteiger partial charge is 0.359 e. The molecule has 2 aromatic rings. The Morgan fingerprint density at radius 2 is 2.11 bits per heavy atom. The van der Waals surface area contributed by atoms with E-state index in [4.69, 9.17) is 5.73 Å². The lowest BCUT2D eigenvalue weighted by atomic mass is 9.92. The van der Waals surface area contributed by atoms with Gasteiger partial charge in [0.1, 0.15) is 5.82 Å². The monoisotopic (exact) mass is 244 g/mol. The lowest BCUT2D eigenvalue weighted by Gasteiger charge is -2.30. The highest BCUT2D eigenvalue weighted by Gasteiger charge is 2.24. The van der Waals surface area contributed by atoms with Crippen LogP contribution in [0.2, 0.25) is 0 Å². The van der Waals surface area contributed by atoms with Crippen LogP contribution in [-0.4, -0.2) is 16.5 Å². The molecule has 1 aromatic carbocycles. The van der Waals surface area contributed by atoms with Crippen LogP contribution >= 0.6 is 0 Å². The lowest BCUT2D eigenvalue weighted by molar-refractivity contribution is 0.553. The van der Waals surface area contributed by atoms with E-state index in [2.05, 4.69) is 15.3 Å². The van der Waals surface area contributed by atoms with E-state index in [1.807, 2.05) is 37.3 Å². The molecule has 0 fully saturated rings. The van der Waals surface area contributed by atoms with Crippen molar-refractivity contribution >= 4 is 5.82 Å². The summed E-state index contributed by atoms with van der Waals surface area (Å²) in [5.74, 6) is 0.510. The van der Waals surface area contributed by atoms with E-state index in [1.54, 1.807) is 0 Å². The zero-order valence-corrected chi connectivity index (χ0v) is 10.2. The van der Waals surface area contributed by atoms with Crippen LogP contribution in [-0.2, 0) is 5.54 Å². The fraction of sp³-hybridized carbons (Fsp3) is 0.231. The minimum atomic E-state index is -0.456. The quantitative estimate of drug-likeness (QED) is 0.750. The van der Waals surface area contributed by atoms with Gasteiger partial charge in [-0.15, -0.1) is 0 Å². The van der Waals surface area contributed by atoms with E-state index in [0.29, 0.717) is 12.4 Å². The number of aromatic amines is 1. The molecule has 5 heteroatoms. The molecular weight excluding hydrogens is 228 g/mol. The molecule has 0 amide bonds. The normalized spacial score (nSPS) is 13.9. The molecule has 94 valence electrons. The standard InChI is InChI=1S/C13H16N4O/c1-13(8-14,10-5-3-2-4-6-10)17-11-7-12(18)16-9-15-11/h2-7,9H,8,14H2,1H3,(H2,15,16,17,18). The number of hydrogen-bond acceptors (Lipinski definition) is 4. The molecule has 0 spiro atoms. The van der Waals surface area contributed by atoms with Crippen molar-refractivity contribution in [3.63, 3.8) is 0 Å². The minimum absolute atomic E-state index is 0.195. The maximum absolute atomic E-state index is 11.2. The van der Waals surface area contributed by atoms with Gasteiger partial charge in [-0.2, -0.15) is 0 Å². The predicted octanol–water partition coefficient (Wildman–Crippen LogP) is 1.06. The Morgan fingerprint density at radius 3 is 2.72 bits per heavy atom. The Hall–Kier alpha value is -2.14. The van der Waals surface area contributed by atoms with Crippen molar-refractivity contribution in [1.29, 1.82) is 0 Å². The molecule has 2 rings (SSSR count). The summed E-state index contributed by atoms with van der Waals surface area (Å²) >= 11 is 0. The third-order valence-corrected chi connectivity index (χ3v) is 2.90. The third kappa shape index (κ3) is 2.57. The van der Waals surface area contributed by atoms with Crippen molar-refractivity contribution in [2.45, 2.75) is 12.5 Å². The second kappa shape index (κ2) is 5.01. The maximum Gasteiger partial charge on any atom is 0.252 e. The molecule has 0 saturated carbocycles. The Morgan fingerprint density at radius 1 is 1.39 bits per heavy atom. The summed E-state index contributed by atoms with van der Waals surface area (Å²) < 4.78 is 0. The van der Waals surface area contributed by atoms with E-state index >= 15 is 0 Å². The molecule has 0 aliphatic heterocycles.